The first-order valence-corrected chi connectivity index (χ1v) is 7.43. The van der Waals surface area contributed by atoms with Crippen LogP contribution in [0.25, 0.3) is 0 Å². The smallest absolute Gasteiger partial charge is 0.260 e. The van der Waals surface area contributed by atoms with Gasteiger partial charge in [0, 0.05) is 11.7 Å². The summed E-state index contributed by atoms with van der Waals surface area (Å²) in [6.07, 6.45) is 1.58. The molecular formula is C17H22N2O3. The summed E-state index contributed by atoms with van der Waals surface area (Å²) < 4.78 is 5.35. The van der Waals surface area contributed by atoms with E-state index >= 15 is 0 Å². The molecule has 2 heterocycles. The zero-order valence-corrected chi connectivity index (χ0v) is 13.4. The Morgan fingerprint density at radius 3 is 2.55 bits per heavy atom. The summed E-state index contributed by atoms with van der Waals surface area (Å²) in [7, 11) is 0. The highest BCUT2D eigenvalue weighted by molar-refractivity contribution is 5.94. The lowest BCUT2D eigenvalue weighted by molar-refractivity contribution is 0.0609. The highest BCUT2D eigenvalue weighted by Gasteiger charge is 2.26. The van der Waals surface area contributed by atoms with Crippen LogP contribution in [0.3, 0.4) is 0 Å². The summed E-state index contributed by atoms with van der Waals surface area (Å²) in [4.78, 5) is 29.2. The molecule has 0 radical (unpaired) electrons. The maximum atomic E-state index is 12.8. The number of carbonyl (C=O) groups is 1. The van der Waals surface area contributed by atoms with Crippen molar-refractivity contribution in [3.8, 4) is 0 Å². The van der Waals surface area contributed by atoms with Crippen molar-refractivity contribution in [2.24, 2.45) is 5.92 Å². The fraction of sp³-hybridized carbons (Fsp3) is 0.412. The van der Waals surface area contributed by atoms with Crippen molar-refractivity contribution in [2.75, 3.05) is 0 Å². The van der Waals surface area contributed by atoms with Gasteiger partial charge in [0.2, 0.25) is 0 Å². The highest BCUT2D eigenvalue weighted by Crippen LogP contribution is 2.17. The van der Waals surface area contributed by atoms with Gasteiger partial charge in [0.15, 0.2) is 0 Å². The molecule has 1 amide bonds. The first kappa shape index (κ1) is 16.1. The standard InChI is InChI=1S/C17H22N2O3/c1-11(2)13(4)19(10-14-6-5-9-22-14)17(21)15-8-7-12(3)18-16(15)20/h5-9,11,13H,10H2,1-4H3,(H,18,20)/t13-/m1/s1. The summed E-state index contributed by atoms with van der Waals surface area (Å²) in [5.41, 5.74) is 0.533. The van der Waals surface area contributed by atoms with E-state index in [1.807, 2.05) is 26.8 Å². The number of aryl methyl sites for hydroxylation is 1. The molecule has 2 aromatic rings. The van der Waals surface area contributed by atoms with Gasteiger partial charge >= 0.3 is 0 Å². The van der Waals surface area contributed by atoms with Crippen molar-refractivity contribution in [1.82, 2.24) is 9.88 Å². The highest BCUT2D eigenvalue weighted by atomic mass is 16.3. The van der Waals surface area contributed by atoms with Crippen LogP contribution in [0.1, 0.15) is 42.6 Å². The molecule has 5 nitrogen and oxygen atoms in total. The molecule has 1 atom stereocenters. The SMILES string of the molecule is Cc1ccc(C(=O)N(Cc2ccco2)[C@H](C)C(C)C)c(=O)[nH]1. The van der Waals surface area contributed by atoms with E-state index < -0.39 is 0 Å². The minimum Gasteiger partial charge on any atom is -0.467 e. The Kier molecular flexibility index (Phi) is 4.85. The van der Waals surface area contributed by atoms with Crippen LogP contribution in [0.2, 0.25) is 0 Å². The van der Waals surface area contributed by atoms with Crippen molar-refractivity contribution >= 4 is 5.91 Å². The molecule has 0 unspecified atom stereocenters. The number of amides is 1. The van der Waals surface area contributed by atoms with E-state index in [9.17, 15) is 9.59 Å². The Hall–Kier alpha value is -2.30. The zero-order valence-electron chi connectivity index (χ0n) is 13.4. The van der Waals surface area contributed by atoms with E-state index in [0.717, 1.165) is 5.69 Å². The maximum Gasteiger partial charge on any atom is 0.260 e. The van der Waals surface area contributed by atoms with Gasteiger partial charge in [0.05, 0.1) is 12.8 Å². The van der Waals surface area contributed by atoms with Gasteiger partial charge < -0.3 is 14.3 Å². The molecule has 0 spiro atoms. The zero-order chi connectivity index (χ0) is 16.3. The molecule has 2 aromatic heterocycles. The predicted molar refractivity (Wildman–Crippen MR) is 84.7 cm³/mol. The number of H-pyrrole nitrogens is 1. The predicted octanol–water partition coefficient (Wildman–Crippen LogP) is 2.96. The molecule has 0 aliphatic rings. The fourth-order valence-electron chi connectivity index (χ4n) is 2.23. The Morgan fingerprint density at radius 1 is 1.27 bits per heavy atom. The van der Waals surface area contributed by atoms with Gasteiger partial charge in [0.1, 0.15) is 11.3 Å². The quantitative estimate of drug-likeness (QED) is 0.923. The summed E-state index contributed by atoms with van der Waals surface area (Å²) in [5, 5.41) is 0. The number of nitrogens with one attached hydrogen (secondary N) is 1. The lowest BCUT2D eigenvalue weighted by Crippen LogP contribution is -2.42. The van der Waals surface area contributed by atoms with Crippen molar-refractivity contribution in [3.63, 3.8) is 0 Å². The molecule has 22 heavy (non-hydrogen) atoms. The largest absolute Gasteiger partial charge is 0.467 e. The number of hydrogen-bond donors (Lipinski definition) is 1. The van der Waals surface area contributed by atoms with Gasteiger partial charge in [-0.05, 0) is 44.0 Å². The van der Waals surface area contributed by atoms with Crippen LogP contribution >= 0.6 is 0 Å². The van der Waals surface area contributed by atoms with Gasteiger partial charge in [-0.15, -0.1) is 0 Å². The van der Waals surface area contributed by atoms with Gasteiger partial charge in [-0.3, -0.25) is 9.59 Å². The number of nitrogens with zero attached hydrogens (tertiary/aromatic N) is 1. The summed E-state index contributed by atoms with van der Waals surface area (Å²) in [5.74, 6) is 0.687. The minimum atomic E-state index is -0.356. The second-order valence-corrected chi connectivity index (χ2v) is 5.88. The normalized spacial score (nSPS) is 12.4. The number of aromatic amines is 1. The van der Waals surface area contributed by atoms with E-state index in [1.54, 1.807) is 36.3 Å². The van der Waals surface area contributed by atoms with E-state index in [0.29, 0.717) is 12.3 Å². The lowest BCUT2D eigenvalue weighted by atomic mass is 10.0. The number of furan rings is 1. The third-order valence-corrected chi connectivity index (χ3v) is 3.91. The van der Waals surface area contributed by atoms with Gasteiger partial charge in [-0.1, -0.05) is 13.8 Å². The average molecular weight is 302 g/mol. The summed E-state index contributed by atoms with van der Waals surface area (Å²) in [6.45, 7) is 8.21. The van der Waals surface area contributed by atoms with Crippen molar-refractivity contribution < 1.29 is 9.21 Å². The van der Waals surface area contributed by atoms with E-state index in [2.05, 4.69) is 4.98 Å². The van der Waals surface area contributed by atoms with E-state index in [1.165, 1.54) is 0 Å². The van der Waals surface area contributed by atoms with Crippen LogP contribution < -0.4 is 5.56 Å². The Morgan fingerprint density at radius 2 is 2.00 bits per heavy atom. The molecule has 0 bridgehead atoms. The molecule has 0 fully saturated rings. The molecule has 0 aromatic carbocycles. The Bertz CT molecular complexity index is 686. The summed E-state index contributed by atoms with van der Waals surface area (Å²) >= 11 is 0. The molecule has 2 rings (SSSR count). The van der Waals surface area contributed by atoms with Gasteiger partial charge in [-0.2, -0.15) is 0 Å². The van der Waals surface area contributed by atoms with E-state index in [-0.39, 0.29) is 29.0 Å². The second kappa shape index (κ2) is 6.64. The van der Waals surface area contributed by atoms with E-state index in [4.69, 9.17) is 4.42 Å². The number of hydrogen-bond acceptors (Lipinski definition) is 3. The number of pyridine rings is 1. The Balaban J connectivity index is 2.35. The molecule has 118 valence electrons. The molecule has 0 saturated heterocycles. The van der Waals surface area contributed by atoms with Gasteiger partial charge in [0.25, 0.3) is 11.5 Å². The van der Waals surface area contributed by atoms with Crippen LogP contribution in [0.4, 0.5) is 0 Å². The molecule has 1 N–H and O–H groups in total. The molecule has 0 aliphatic carbocycles. The fourth-order valence-corrected chi connectivity index (χ4v) is 2.23. The maximum absolute atomic E-state index is 12.8. The van der Waals surface area contributed by atoms with Crippen LogP contribution in [0, 0.1) is 12.8 Å². The second-order valence-electron chi connectivity index (χ2n) is 5.88. The third-order valence-electron chi connectivity index (χ3n) is 3.91. The number of rotatable bonds is 5. The van der Waals surface area contributed by atoms with Crippen LogP contribution in [0.15, 0.2) is 39.7 Å². The first-order chi connectivity index (χ1) is 10.4. The molecule has 0 aliphatic heterocycles. The van der Waals surface area contributed by atoms with Gasteiger partial charge in [-0.25, -0.2) is 0 Å². The topological polar surface area (TPSA) is 66.3 Å². The van der Waals surface area contributed by atoms with Crippen LogP contribution in [-0.4, -0.2) is 21.8 Å². The van der Waals surface area contributed by atoms with Crippen molar-refractivity contribution in [3.05, 3.63) is 57.9 Å². The average Bonchev–Trinajstić information content (AvgIpc) is 2.96. The monoisotopic (exact) mass is 302 g/mol. The molecular weight excluding hydrogens is 280 g/mol. The number of carbonyl (C=O) groups excluding carboxylic acids is 1. The molecule has 0 saturated carbocycles. The van der Waals surface area contributed by atoms with Crippen molar-refractivity contribution in [2.45, 2.75) is 40.3 Å². The number of aromatic nitrogens is 1. The van der Waals surface area contributed by atoms with Crippen LogP contribution in [-0.2, 0) is 6.54 Å². The first-order valence-electron chi connectivity index (χ1n) is 7.43. The van der Waals surface area contributed by atoms with Crippen molar-refractivity contribution in [1.29, 1.82) is 0 Å². The summed E-state index contributed by atoms with van der Waals surface area (Å²) in [6, 6.07) is 6.92. The molecule has 5 heteroatoms. The van der Waals surface area contributed by atoms with Crippen LogP contribution in [0.5, 0.6) is 0 Å². The minimum absolute atomic E-state index is 0.0155. The lowest BCUT2D eigenvalue weighted by Gasteiger charge is -2.31. The Labute approximate surface area is 130 Å². The third kappa shape index (κ3) is 3.47.